The summed E-state index contributed by atoms with van der Waals surface area (Å²) in [5.74, 6) is 0. The van der Waals surface area contributed by atoms with E-state index >= 15 is 0 Å². The van der Waals surface area contributed by atoms with Crippen LogP contribution in [-0.2, 0) is 6.42 Å². The third-order valence-electron chi connectivity index (χ3n) is 3.38. The molecular formula is C15H16BrN5. The van der Waals surface area contributed by atoms with Gasteiger partial charge in [-0.3, -0.25) is 9.97 Å². The first-order valence-corrected chi connectivity index (χ1v) is 7.68. The highest BCUT2D eigenvalue weighted by Crippen LogP contribution is 2.22. The molecule has 1 atom stereocenters. The van der Waals surface area contributed by atoms with Gasteiger partial charge in [-0.2, -0.15) is 5.10 Å². The van der Waals surface area contributed by atoms with Crippen molar-refractivity contribution in [2.24, 2.45) is 0 Å². The molecule has 0 aromatic carbocycles. The Kier molecular flexibility index (Phi) is 4.26. The van der Waals surface area contributed by atoms with Crippen LogP contribution in [0.15, 0.2) is 47.6 Å². The summed E-state index contributed by atoms with van der Waals surface area (Å²) in [5, 5.41) is 7.89. The summed E-state index contributed by atoms with van der Waals surface area (Å²) < 4.78 is 2.84. The largest absolute Gasteiger partial charge is 0.310 e. The van der Waals surface area contributed by atoms with Crippen LogP contribution in [0.3, 0.4) is 0 Å². The highest BCUT2D eigenvalue weighted by atomic mass is 79.9. The molecular weight excluding hydrogens is 330 g/mol. The van der Waals surface area contributed by atoms with E-state index < -0.39 is 0 Å². The van der Waals surface area contributed by atoms with Gasteiger partial charge in [0.25, 0.3) is 0 Å². The summed E-state index contributed by atoms with van der Waals surface area (Å²) in [7, 11) is 0. The van der Waals surface area contributed by atoms with E-state index in [9.17, 15) is 0 Å². The number of pyridine rings is 1. The van der Waals surface area contributed by atoms with E-state index in [-0.39, 0.29) is 6.04 Å². The first-order valence-electron chi connectivity index (χ1n) is 6.89. The monoisotopic (exact) mass is 345 g/mol. The Morgan fingerprint density at radius 2 is 2.19 bits per heavy atom. The van der Waals surface area contributed by atoms with Gasteiger partial charge in [-0.15, -0.1) is 0 Å². The second kappa shape index (κ2) is 6.32. The standard InChI is InChI=1S/C15H16BrN5/c1-2-18-14(7-12-4-3-11(16)8-19-12)13-9-20-21-6-5-17-10-15(13)21/h3-6,8-10,14,18H,2,7H2,1H3. The third-order valence-corrected chi connectivity index (χ3v) is 3.85. The van der Waals surface area contributed by atoms with Crippen LogP contribution in [-0.4, -0.2) is 26.1 Å². The van der Waals surface area contributed by atoms with E-state index in [1.54, 1.807) is 6.20 Å². The summed E-state index contributed by atoms with van der Waals surface area (Å²) >= 11 is 3.41. The van der Waals surface area contributed by atoms with Crippen LogP contribution < -0.4 is 5.32 Å². The smallest absolute Gasteiger partial charge is 0.0892 e. The van der Waals surface area contributed by atoms with Crippen LogP contribution in [0.5, 0.6) is 0 Å². The minimum Gasteiger partial charge on any atom is -0.310 e. The first kappa shape index (κ1) is 14.2. The molecule has 0 amide bonds. The summed E-state index contributed by atoms with van der Waals surface area (Å²) in [6.07, 6.45) is 10.0. The second-order valence-electron chi connectivity index (χ2n) is 4.79. The molecule has 1 N–H and O–H groups in total. The van der Waals surface area contributed by atoms with Crippen molar-refractivity contribution in [2.75, 3.05) is 6.54 Å². The molecule has 3 aromatic rings. The highest BCUT2D eigenvalue weighted by Gasteiger charge is 2.16. The maximum atomic E-state index is 4.46. The molecule has 1 unspecified atom stereocenters. The lowest BCUT2D eigenvalue weighted by Crippen LogP contribution is -2.23. The Morgan fingerprint density at radius 3 is 2.95 bits per heavy atom. The molecule has 3 aromatic heterocycles. The number of hydrogen-bond donors (Lipinski definition) is 1. The summed E-state index contributed by atoms with van der Waals surface area (Å²) in [4.78, 5) is 8.66. The summed E-state index contributed by atoms with van der Waals surface area (Å²) in [6, 6.07) is 4.23. The Labute approximate surface area is 131 Å². The van der Waals surface area contributed by atoms with Gasteiger partial charge in [-0.1, -0.05) is 6.92 Å². The molecule has 0 radical (unpaired) electrons. The van der Waals surface area contributed by atoms with Crippen LogP contribution in [0.25, 0.3) is 5.52 Å². The quantitative estimate of drug-likeness (QED) is 0.772. The summed E-state index contributed by atoms with van der Waals surface area (Å²) in [6.45, 7) is 2.99. The van der Waals surface area contributed by atoms with Crippen molar-refractivity contribution in [3.05, 3.63) is 58.8 Å². The Balaban J connectivity index is 1.92. The van der Waals surface area contributed by atoms with E-state index in [1.807, 2.05) is 41.4 Å². The molecule has 21 heavy (non-hydrogen) atoms. The van der Waals surface area contributed by atoms with Gasteiger partial charge in [0.15, 0.2) is 0 Å². The van der Waals surface area contributed by atoms with E-state index in [1.165, 1.54) is 0 Å². The molecule has 0 aliphatic carbocycles. The van der Waals surface area contributed by atoms with Gasteiger partial charge in [0.2, 0.25) is 0 Å². The van der Waals surface area contributed by atoms with Crippen LogP contribution in [0.4, 0.5) is 0 Å². The molecule has 0 spiro atoms. The zero-order valence-corrected chi connectivity index (χ0v) is 13.3. The lowest BCUT2D eigenvalue weighted by molar-refractivity contribution is 0.547. The van der Waals surface area contributed by atoms with Crippen molar-refractivity contribution in [3.8, 4) is 0 Å². The molecule has 3 heterocycles. The van der Waals surface area contributed by atoms with Crippen molar-refractivity contribution in [2.45, 2.75) is 19.4 Å². The minimum atomic E-state index is 0.172. The Hall–Kier alpha value is -1.79. The second-order valence-corrected chi connectivity index (χ2v) is 5.70. The maximum absolute atomic E-state index is 4.46. The van der Waals surface area contributed by atoms with Gasteiger partial charge in [0, 0.05) is 46.8 Å². The lowest BCUT2D eigenvalue weighted by Gasteiger charge is -2.16. The predicted octanol–water partition coefficient (Wildman–Crippen LogP) is 2.78. The van der Waals surface area contributed by atoms with E-state index in [0.29, 0.717) is 0 Å². The van der Waals surface area contributed by atoms with Gasteiger partial charge >= 0.3 is 0 Å². The zero-order valence-electron chi connectivity index (χ0n) is 11.7. The average Bonchev–Trinajstić information content (AvgIpc) is 2.93. The van der Waals surface area contributed by atoms with Crippen LogP contribution in [0.2, 0.25) is 0 Å². The van der Waals surface area contributed by atoms with Gasteiger partial charge < -0.3 is 5.32 Å². The van der Waals surface area contributed by atoms with Gasteiger partial charge in [0.05, 0.1) is 17.9 Å². The Morgan fingerprint density at radius 1 is 1.29 bits per heavy atom. The van der Waals surface area contributed by atoms with Gasteiger partial charge in [-0.25, -0.2) is 4.52 Å². The number of nitrogens with zero attached hydrogens (tertiary/aromatic N) is 4. The lowest BCUT2D eigenvalue weighted by atomic mass is 10.0. The topological polar surface area (TPSA) is 55.1 Å². The highest BCUT2D eigenvalue weighted by molar-refractivity contribution is 9.10. The summed E-state index contributed by atoms with van der Waals surface area (Å²) in [5.41, 5.74) is 3.22. The van der Waals surface area contributed by atoms with Crippen molar-refractivity contribution >= 4 is 21.4 Å². The fraction of sp³-hybridized carbons (Fsp3) is 0.267. The number of halogens is 1. The molecule has 0 aliphatic rings. The molecule has 0 saturated heterocycles. The molecule has 5 nitrogen and oxygen atoms in total. The number of likely N-dealkylation sites (N-methyl/N-ethyl adjacent to an activating group) is 1. The number of fused-ring (bicyclic) bond motifs is 1. The predicted molar refractivity (Wildman–Crippen MR) is 85.0 cm³/mol. The van der Waals surface area contributed by atoms with Gasteiger partial charge in [0.1, 0.15) is 0 Å². The zero-order chi connectivity index (χ0) is 14.7. The number of hydrogen-bond acceptors (Lipinski definition) is 4. The van der Waals surface area contributed by atoms with Crippen molar-refractivity contribution in [3.63, 3.8) is 0 Å². The molecule has 3 rings (SSSR count). The maximum Gasteiger partial charge on any atom is 0.0892 e. The minimum absolute atomic E-state index is 0.172. The Bertz CT molecular complexity index is 722. The van der Waals surface area contributed by atoms with Crippen LogP contribution in [0.1, 0.15) is 24.2 Å². The number of aromatic nitrogens is 4. The molecule has 0 fully saturated rings. The third kappa shape index (κ3) is 3.11. The van der Waals surface area contributed by atoms with E-state index in [2.05, 4.69) is 43.2 Å². The fourth-order valence-corrected chi connectivity index (χ4v) is 2.63. The fourth-order valence-electron chi connectivity index (χ4n) is 2.40. The van der Waals surface area contributed by atoms with Crippen molar-refractivity contribution in [1.29, 1.82) is 0 Å². The normalized spacial score (nSPS) is 12.7. The molecule has 6 heteroatoms. The van der Waals surface area contributed by atoms with E-state index in [4.69, 9.17) is 0 Å². The SMILES string of the molecule is CCNC(Cc1ccc(Br)cn1)c1cnn2ccncc12. The molecule has 0 aliphatic heterocycles. The van der Waals surface area contributed by atoms with E-state index in [0.717, 1.165) is 34.2 Å². The van der Waals surface area contributed by atoms with Crippen molar-refractivity contribution in [1.82, 2.24) is 24.9 Å². The first-order chi connectivity index (χ1) is 10.3. The molecule has 0 saturated carbocycles. The number of nitrogens with one attached hydrogen (secondary N) is 1. The van der Waals surface area contributed by atoms with Crippen LogP contribution >= 0.6 is 15.9 Å². The number of rotatable bonds is 5. The molecule has 0 bridgehead atoms. The molecule has 108 valence electrons. The van der Waals surface area contributed by atoms with Crippen molar-refractivity contribution < 1.29 is 0 Å². The average molecular weight is 346 g/mol. The van der Waals surface area contributed by atoms with Gasteiger partial charge in [-0.05, 0) is 34.6 Å². The van der Waals surface area contributed by atoms with Crippen LogP contribution in [0, 0.1) is 0 Å².